The Hall–Kier alpha value is -5.10. The van der Waals surface area contributed by atoms with Crippen LogP contribution in [0.1, 0.15) is 48.1 Å². The van der Waals surface area contributed by atoms with Gasteiger partial charge < -0.3 is 26.0 Å². The molecule has 246 valence electrons. The number of ether oxygens (including phenoxy) is 1. The van der Waals surface area contributed by atoms with Crippen molar-refractivity contribution >= 4 is 51.2 Å². The number of hydrogen-bond acceptors (Lipinski definition) is 8. The lowest BCUT2D eigenvalue weighted by Crippen LogP contribution is -2.58. The van der Waals surface area contributed by atoms with E-state index < -0.39 is 41.8 Å². The second kappa shape index (κ2) is 17.0. The number of benzene rings is 3. The van der Waals surface area contributed by atoms with Crippen LogP contribution in [-0.2, 0) is 32.1 Å². The number of alkyl carbamates (subject to hydrolysis) is 1. The predicted octanol–water partition coefficient (Wildman–Crippen LogP) is 4.17. The van der Waals surface area contributed by atoms with Crippen molar-refractivity contribution in [2.75, 3.05) is 6.54 Å². The SMILES string of the molecule is CC(=O)NC[C@H](NC(=O)[C@H](Cc1ccccc1)NC(=O)[C@H](CC(C)C)NC(=O)OCc1ccccc1)C(=O)c1nc2ccccc2s1. The summed E-state index contributed by atoms with van der Waals surface area (Å²) in [5.41, 5.74) is 2.20. The van der Waals surface area contributed by atoms with Gasteiger partial charge in [-0.3, -0.25) is 19.2 Å². The summed E-state index contributed by atoms with van der Waals surface area (Å²) in [6.07, 6.45) is -0.379. The van der Waals surface area contributed by atoms with Crippen LogP contribution in [0.5, 0.6) is 0 Å². The lowest BCUT2D eigenvalue weighted by Gasteiger charge is -2.26. The number of Topliss-reactive ketones (excluding diaryl/α,β-unsaturated/α-hetero) is 1. The van der Waals surface area contributed by atoms with Gasteiger partial charge in [0.1, 0.15) is 24.7 Å². The summed E-state index contributed by atoms with van der Waals surface area (Å²) >= 11 is 1.19. The molecule has 0 aliphatic heterocycles. The Morgan fingerprint density at radius 2 is 1.34 bits per heavy atom. The van der Waals surface area contributed by atoms with E-state index in [1.807, 2.05) is 92.7 Å². The lowest BCUT2D eigenvalue weighted by molar-refractivity contribution is -0.130. The molecule has 4 amide bonds. The molecule has 4 N–H and O–H groups in total. The number of carbonyl (C=O) groups excluding carboxylic acids is 5. The van der Waals surface area contributed by atoms with Crippen LogP contribution in [0, 0.1) is 5.92 Å². The maximum Gasteiger partial charge on any atom is 0.408 e. The number of nitrogens with one attached hydrogen (secondary N) is 4. The van der Waals surface area contributed by atoms with E-state index >= 15 is 0 Å². The monoisotopic (exact) mass is 657 g/mol. The first kappa shape index (κ1) is 34.8. The zero-order chi connectivity index (χ0) is 33.8. The molecule has 0 spiro atoms. The average Bonchev–Trinajstić information content (AvgIpc) is 3.50. The number of rotatable bonds is 15. The third-order valence-electron chi connectivity index (χ3n) is 7.14. The van der Waals surface area contributed by atoms with Gasteiger partial charge in [-0.15, -0.1) is 11.3 Å². The topological polar surface area (TPSA) is 156 Å². The molecule has 0 aliphatic carbocycles. The van der Waals surface area contributed by atoms with E-state index in [0.29, 0.717) is 5.52 Å². The van der Waals surface area contributed by atoms with Crippen molar-refractivity contribution in [1.29, 1.82) is 0 Å². The first-order valence-electron chi connectivity index (χ1n) is 15.3. The van der Waals surface area contributed by atoms with Gasteiger partial charge in [0.05, 0.1) is 10.2 Å². The van der Waals surface area contributed by atoms with Crippen molar-refractivity contribution in [3.8, 4) is 0 Å². The van der Waals surface area contributed by atoms with E-state index in [9.17, 15) is 24.0 Å². The fourth-order valence-corrected chi connectivity index (χ4v) is 5.76. The minimum absolute atomic E-state index is 0.0232. The van der Waals surface area contributed by atoms with Crippen molar-refractivity contribution in [2.45, 2.75) is 58.3 Å². The van der Waals surface area contributed by atoms with Gasteiger partial charge in [0, 0.05) is 19.9 Å². The number of aromatic nitrogens is 1. The zero-order valence-electron chi connectivity index (χ0n) is 26.5. The molecule has 0 aliphatic rings. The van der Waals surface area contributed by atoms with Crippen LogP contribution < -0.4 is 21.3 Å². The van der Waals surface area contributed by atoms with Crippen molar-refractivity contribution in [3.05, 3.63) is 101 Å². The quantitative estimate of drug-likeness (QED) is 0.140. The highest BCUT2D eigenvalue weighted by Gasteiger charge is 2.32. The van der Waals surface area contributed by atoms with E-state index in [-0.39, 0.29) is 42.8 Å². The largest absolute Gasteiger partial charge is 0.445 e. The highest BCUT2D eigenvalue weighted by atomic mass is 32.1. The third-order valence-corrected chi connectivity index (χ3v) is 8.19. The minimum atomic E-state index is -1.15. The second-order valence-electron chi connectivity index (χ2n) is 11.5. The summed E-state index contributed by atoms with van der Waals surface area (Å²) in [4.78, 5) is 70.0. The molecule has 0 fully saturated rings. The average molecular weight is 658 g/mol. The Labute approximate surface area is 277 Å². The molecule has 0 saturated carbocycles. The van der Waals surface area contributed by atoms with E-state index in [1.165, 1.54) is 18.3 Å². The molecule has 4 rings (SSSR count). The molecule has 0 bridgehead atoms. The molecule has 0 unspecified atom stereocenters. The van der Waals surface area contributed by atoms with Crippen LogP contribution in [0.25, 0.3) is 10.2 Å². The molecule has 0 saturated heterocycles. The molecule has 1 aromatic heterocycles. The van der Waals surface area contributed by atoms with E-state index in [1.54, 1.807) is 6.07 Å². The van der Waals surface area contributed by atoms with Crippen molar-refractivity contribution in [3.63, 3.8) is 0 Å². The first-order valence-corrected chi connectivity index (χ1v) is 16.2. The molecule has 3 atom stereocenters. The highest BCUT2D eigenvalue weighted by Crippen LogP contribution is 2.22. The van der Waals surface area contributed by atoms with Crippen LogP contribution in [0.4, 0.5) is 4.79 Å². The molecular formula is C35H39N5O6S. The number of ketones is 1. The molecule has 3 aromatic carbocycles. The van der Waals surface area contributed by atoms with Gasteiger partial charge in [-0.2, -0.15) is 0 Å². The summed E-state index contributed by atoms with van der Waals surface area (Å²) in [6, 6.07) is 22.3. The number of nitrogens with zero attached hydrogens (tertiary/aromatic N) is 1. The maximum absolute atomic E-state index is 13.9. The molecule has 1 heterocycles. The van der Waals surface area contributed by atoms with Gasteiger partial charge in [0.25, 0.3) is 0 Å². The van der Waals surface area contributed by atoms with E-state index in [2.05, 4.69) is 26.3 Å². The fraction of sp³-hybridized carbons (Fsp3) is 0.314. The summed E-state index contributed by atoms with van der Waals surface area (Å²) in [5, 5.41) is 10.9. The molecule has 0 radical (unpaired) electrons. The number of thiazole rings is 1. The van der Waals surface area contributed by atoms with Crippen LogP contribution in [-0.4, -0.2) is 59.3 Å². The minimum Gasteiger partial charge on any atom is -0.445 e. The smallest absolute Gasteiger partial charge is 0.408 e. The van der Waals surface area contributed by atoms with Gasteiger partial charge in [-0.05, 0) is 35.6 Å². The van der Waals surface area contributed by atoms with Crippen LogP contribution in [0.3, 0.4) is 0 Å². The summed E-state index contributed by atoms with van der Waals surface area (Å²) in [6.45, 7) is 4.98. The Kier molecular flexibility index (Phi) is 12.6. The number of para-hydroxylation sites is 1. The van der Waals surface area contributed by atoms with Gasteiger partial charge in [-0.1, -0.05) is 86.6 Å². The first-order chi connectivity index (χ1) is 22.6. The zero-order valence-corrected chi connectivity index (χ0v) is 27.3. The number of carbonyl (C=O) groups is 5. The van der Waals surface area contributed by atoms with Crippen molar-refractivity contribution in [1.82, 2.24) is 26.3 Å². The summed E-state index contributed by atoms with van der Waals surface area (Å²) < 4.78 is 6.15. The standard InChI is InChI=1S/C35H39N5O6S/c1-22(2)18-27(40-35(45)46-21-25-14-8-5-9-15-25)32(43)37-28(19-24-12-6-4-7-13-24)33(44)38-29(20-36-23(3)41)31(42)34-39-26-16-10-11-17-30(26)47-34/h4-17,22,27-29H,18-21H2,1-3H3,(H,36,41)(H,37,43)(H,38,44)(H,40,45)/t27-,28-,29-/m0/s1. The molecule has 12 heteroatoms. The molecule has 4 aromatic rings. The summed E-state index contributed by atoms with van der Waals surface area (Å²) in [5.74, 6) is -2.05. The number of fused-ring (bicyclic) bond motifs is 1. The van der Waals surface area contributed by atoms with Gasteiger partial charge in [0.2, 0.25) is 23.5 Å². The Morgan fingerprint density at radius 1 is 0.745 bits per heavy atom. The van der Waals surface area contributed by atoms with E-state index in [4.69, 9.17) is 4.74 Å². The number of hydrogen-bond donors (Lipinski definition) is 4. The molecule has 47 heavy (non-hydrogen) atoms. The predicted molar refractivity (Wildman–Crippen MR) is 180 cm³/mol. The summed E-state index contributed by atoms with van der Waals surface area (Å²) in [7, 11) is 0. The molecular weight excluding hydrogens is 618 g/mol. The Bertz CT molecular complexity index is 1640. The lowest BCUT2D eigenvalue weighted by atomic mass is 10.0. The van der Waals surface area contributed by atoms with Crippen molar-refractivity contribution < 1.29 is 28.7 Å². The fourth-order valence-electron chi connectivity index (χ4n) is 4.80. The highest BCUT2D eigenvalue weighted by molar-refractivity contribution is 7.20. The Balaban J connectivity index is 1.52. The van der Waals surface area contributed by atoms with Crippen LogP contribution in [0.15, 0.2) is 84.9 Å². The van der Waals surface area contributed by atoms with Gasteiger partial charge >= 0.3 is 6.09 Å². The van der Waals surface area contributed by atoms with Crippen LogP contribution >= 0.6 is 11.3 Å². The Morgan fingerprint density at radius 3 is 1.98 bits per heavy atom. The third kappa shape index (κ3) is 10.7. The number of amides is 4. The molecule has 11 nitrogen and oxygen atoms in total. The van der Waals surface area contributed by atoms with Gasteiger partial charge in [-0.25, -0.2) is 9.78 Å². The second-order valence-corrected chi connectivity index (χ2v) is 12.5. The van der Waals surface area contributed by atoms with Crippen molar-refractivity contribution in [2.24, 2.45) is 5.92 Å². The van der Waals surface area contributed by atoms with E-state index in [0.717, 1.165) is 15.8 Å². The maximum atomic E-state index is 13.9. The normalized spacial score (nSPS) is 12.9. The van der Waals surface area contributed by atoms with Gasteiger partial charge in [0.15, 0.2) is 5.01 Å². The van der Waals surface area contributed by atoms with Crippen LogP contribution in [0.2, 0.25) is 0 Å².